The second-order valence-electron chi connectivity index (χ2n) is 7.20. The smallest absolute Gasteiger partial charge is 0.228 e. The Balaban J connectivity index is 1.57. The monoisotopic (exact) mass is 406 g/mol. The molecule has 2 fully saturated rings. The number of rotatable bonds is 5. The Morgan fingerprint density at radius 3 is 2.24 bits per heavy atom. The van der Waals surface area contributed by atoms with Gasteiger partial charge in [0.1, 0.15) is 6.67 Å². The summed E-state index contributed by atoms with van der Waals surface area (Å²) in [6.07, 6.45) is 6.33. The topological polar surface area (TPSA) is 58.2 Å². The fourth-order valence-corrected chi connectivity index (χ4v) is 5.02. The molecule has 1 aromatic carbocycles. The number of allylic oxidation sites excluding steroid dienone is 2. The van der Waals surface area contributed by atoms with Crippen molar-refractivity contribution in [3.05, 3.63) is 40.9 Å². The number of nitrogens with one attached hydrogen (secondary N) is 2. The Morgan fingerprint density at radius 2 is 1.68 bits per heavy atom. The van der Waals surface area contributed by atoms with Crippen molar-refractivity contribution in [2.45, 2.75) is 12.8 Å². The van der Waals surface area contributed by atoms with Crippen molar-refractivity contribution in [1.82, 2.24) is 5.32 Å². The molecule has 132 valence electrons. The lowest BCUT2D eigenvalue weighted by atomic mass is 9.81. The van der Waals surface area contributed by atoms with Gasteiger partial charge in [-0.3, -0.25) is 9.59 Å². The SMILES string of the molecule is O=C(NCCF)[C@H]1[C@H](C(=O)Nc2ccc(Br)cc2)[C@@H]2C=C[C@H]1C21CC1. The highest BCUT2D eigenvalue weighted by molar-refractivity contribution is 9.10. The number of carbonyl (C=O) groups is 2. The van der Waals surface area contributed by atoms with E-state index in [-0.39, 0.29) is 41.5 Å². The first-order valence-electron chi connectivity index (χ1n) is 8.65. The van der Waals surface area contributed by atoms with Crippen LogP contribution in [0, 0.1) is 29.1 Å². The van der Waals surface area contributed by atoms with E-state index < -0.39 is 12.6 Å². The number of hydrogen-bond acceptors (Lipinski definition) is 2. The largest absolute Gasteiger partial charge is 0.353 e. The fourth-order valence-electron chi connectivity index (χ4n) is 4.76. The van der Waals surface area contributed by atoms with E-state index in [1.807, 2.05) is 24.3 Å². The van der Waals surface area contributed by atoms with Gasteiger partial charge in [0.15, 0.2) is 0 Å². The Labute approximate surface area is 154 Å². The summed E-state index contributed by atoms with van der Waals surface area (Å²) in [5, 5.41) is 5.60. The van der Waals surface area contributed by atoms with Crippen LogP contribution in [0.4, 0.5) is 10.1 Å². The molecule has 0 heterocycles. The molecule has 4 rings (SSSR count). The second-order valence-corrected chi connectivity index (χ2v) is 8.11. The van der Waals surface area contributed by atoms with Crippen LogP contribution in [-0.4, -0.2) is 25.0 Å². The minimum atomic E-state index is -0.594. The van der Waals surface area contributed by atoms with E-state index in [4.69, 9.17) is 0 Å². The molecule has 4 atom stereocenters. The van der Waals surface area contributed by atoms with Gasteiger partial charge in [0, 0.05) is 16.7 Å². The van der Waals surface area contributed by atoms with Gasteiger partial charge in [-0.15, -0.1) is 0 Å². The van der Waals surface area contributed by atoms with Crippen molar-refractivity contribution in [2.24, 2.45) is 29.1 Å². The summed E-state index contributed by atoms with van der Waals surface area (Å²) in [6.45, 7) is -0.590. The number of carbonyl (C=O) groups excluding carboxylic acids is 2. The third-order valence-electron chi connectivity index (χ3n) is 5.95. The summed E-state index contributed by atoms with van der Waals surface area (Å²) in [7, 11) is 0. The average Bonchev–Trinajstić information content (AvgIpc) is 3.27. The summed E-state index contributed by atoms with van der Waals surface area (Å²) in [4.78, 5) is 25.6. The Kier molecular flexibility index (Phi) is 4.18. The highest BCUT2D eigenvalue weighted by atomic mass is 79.9. The molecule has 1 aromatic rings. The molecule has 3 aliphatic carbocycles. The number of alkyl halides is 1. The Bertz CT molecular complexity index is 729. The van der Waals surface area contributed by atoms with Gasteiger partial charge in [0.2, 0.25) is 11.8 Å². The minimum Gasteiger partial charge on any atom is -0.353 e. The van der Waals surface area contributed by atoms with Gasteiger partial charge in [-0.1, -0.05) is 28.1 Å². The average molecular weight is 407 g/mol. The predicted octanol–water partition coefficient (Wildman–Crippen LogP) is 3.30. The Hall–Kier alpha value is -1.69. The van der Waals surface area contributed by atoms with Crippen LogP contribution in [0.25, 0.3) is 0 Å². The zero-order valence-corrected chi connectivity index (χ0v) is 15.3. The highest BCUT2D eigenvalue weighted by Gasteiger charge is 2.69. The minimum absolute atomic E-state index is 0.00445. The van der Waals surface area contributed by atoms with Gasteiger partial charge in [0.05, 0.1) is 11.8 Å². The molecule has 2 N–H and O–H groups in total. The third-order valence-corrected chi connectivity index (χ3v) is 6.48. The van der Waals surface area contributed by atoms with Crippen LogP contribution in [-0.2, 0) is 9.59 Å². The predicted molar refractivity (Wildman–Crippen MR) is 96.5 cm³/mol. The van der Waals surface area contributed by atoms with E-state index in [1.54, 1.807) is 0 Å². The molecule has 6 heteroatoms. The summed E-state index contributed by atoms with van der Waals surface area (Å²) in [5.74, 6) is -0.908. The molecule has 0 radical (unpaired) electrons. The summed E-state index contributed by atoms with van der Waals surface area (Å²) < 4.78 is 13.4. The second kappa shape index (κ2) is 6.24. The van der Waals surface area contributed by atoms with E-state index in [9.17, 15) is 14.0 Å². The van der Waals surface area contributed by atoms with Crippen LogP contribution in [0.3, 0.4) is 0 Å². The van der Waals surface area contributed by atoms with Crippen molar-refractivity contribution in [1.29, 1.82) is 0 Å². The van der Waals surface area contributed by atoms with Crippen molar-refractivity contribution < 1.29 is 14.0 Å². The molecular formula is C19H20BrFN2O2. The molecule has 2 bridgehead atoms. The third kappa shape index (κ3) is 2.71. The lowest BCUT2D eigenvalue weighted by Gasteiger charge is -2.26. The number of anilines is 1. The summed E-state index contributed by atoms with van der Waals surface area (Å²) in [6, 6.07) is 7.39. The van der Waals surface area contributed by atoms with Crippen LogP contribution in [0.2, 0.25) is 0 Å². The van der Waals surface area contributed by atoms with Gasteiger partial charge in [-0.2, -0.15) is 0 Å². The van der Waals surface area contributed by atoms with E-state index in [1.165, 1.54) is 0 Å². The zero-order chi connectivity index (χ0) is 17.6. The van der Waals surface area contributed by atoms with E-state index in [0.717, 1.165) is 17.3 Å². The number of benzene rings is 1. The first kappa shape index (κ1) is 16.8. The van der Waals surface area contributed by atoms with Gasteiger partial charge in [0.25, 0.3) is 0 Å². The lowest BCUT2D eigenvalue weighted by Crippen LogP contribution is -2.42. The molecular weight excluding hydrogens is 387 g/mol. The van der Waals surface area contributed by atoms with Crippen LogP contribution in [0.1, 0.15) is 12.8 Å². The van der Waals surface area contributed by atoms with Crippen molar-refractivity contribution in [2.75, 3.05) is 18.5 Å². The normalized spacial score (nSPS) is 30.5. The van der Waals surface area contributed by atoms with E-state index in [0.29, 0.717) is 5.69 Å². The molecule has 25 heavy (non-hydrogen) atoms. The van der Waals surface area contributed by atoms with Crippen molar-refractivity contribution >= 4 is 33.4 Å². The molecule has 3 aliphatic rings. The maximum atomic E-state index is 13.0. The van der Waals surface area contributed by atoms with E-state index >= 15 is 0 Å². The van der Waals surface area contributed by atoms with Crippen LogP contribution >= 0.6 is 15.9 Å². The van der Waals surface area contributed by atoms with Crippen molar-refractivity contribution in [3.8, 4) is 0 Å². The number of hydrogen-bond donors (Lipinski definition) is 2. The molecule has 2 amide bonds. The molecule has 0 aromatic heterocycles. The van der Waals surface area contributed by atoms with Crippen molar-refractivity contribution in [3.63, 3.8) is 0 Å². The molecule has 0 saturated heterocycles. The lowest BCUT2D eigenvalue weighted by molar-refractivity contribution is -0.132. The molecule has 0 aliphatic heterocycles. The molecule has 2 saturated carbocycles. The number of halogens is 2. The first-order chi connectivity index (χ1) is 12.1. The summed E-state index contributed by atoms with van der Waals surface area (Å²) >= 11 is 3.37. The number of amides is 2. The van der Waals surface area contributed by atoms with Gasteiger partial charge >= 0.3 is 0 Å². The van der Waals surface area contributed by atoms with Gasteiger partial charge in [-0.05, 0) is 54.4 Å². The summed E-state index contributed by atoms with van der Waals surface area (Å²) in [5.41, 5.74) is 0.798. The zero-order valence-electron chi connectivity index (χ0n) is 13.7. The maximum Gasteiger partial charge on any atom is 0.228 e. The molecule has 0 unspecified atom stereocenters. The van der Waals surface area contributed by atoms with E-state index in [2.05, 4.69) is 38.7 Å². The fraction of sp³-hybridized carbons (Fsp3) is 0.474. The van der Waals surface area contributed by atoms with Crippen LogP contribution in [0.5, 0.6) is 0 Å². The first-order valence-corrected chi connectivity index (χ1v) is 9.44. The Morgan fingerprint density at radius 1 is 1.08 bits per heavy atom. The quantitative estimate of drug-likeness (QED) is 0.736. The maximum absolute atomic E-state index is 13.0. The van der Waals surface area contributed by atoms with Crippen LogP contribution < -0.4 is 10.6 Å². The van der Waals surface area contributed by atoms with Gasteiger partial charge in [-0.25, -0.2) is 4.39 Å². The van der Waals surface area contributed by atoms with Crippen LogP contribution in [0.15, 0.2) is 40.9 Å². The highest BCUT2D eigenvalue weighted by Crippen LogP contribution is 2.72. The standard InChI is InChI=1S/C19H20BrFN2O2/c20-11-1-3-12(4-2-11)23-18(25)16-14-6-5-13(19(14)7-8-19)15(16)17(24)22-10-9-21/h1-6,13-16H,7-10H2,(H,22,24)(H,23,25)/t13-,14+,15-,16-/m1/s1. The van der Waals surface area contributed by atoms with Gasteiger partial charge < -0.3 is 10.6 Å². The molecule has 1 spiro atoms. The molecule has 4 nitrogen and oxygen atoms in total.